The second kappa shape index (κ2) is 21.6. The van der Waals surface area contributed by atoms with Crippen molar-refractivity contribution >= 4 is 6.08 Å². The minimum absolute atomic E-state index is 0.730. The monoisotopic (exact) mass is 400 g/mol. The van der Waals surface area contributed by atoms with Gasteiger partial charge in [-0.15, -0.1) is 0 Å². The predicted molar refractivity (Wildman–Crippen MR) is 130 cm³/mol. The van der Waals surface area contributed by atoms with Gasteiger partial charge in [-0.25, -0.2) is 0 Å². The maximum Gasteiger partial charge on any atom is 0.0650 e. The fraction of sp³-hybridized carbons (Fsp3) is 0.714. The van der Waals surface area contributed by atoms with Gasteiger partial charge in [0.1, 0.15) is 0 Å². The number of rotatable bonds is 21. The Hall–Kier alpha value is -1.08. The summed E-state index contributed by atoms with van der Waals surface area (Å²) in [6.07, 6.45) is 28.4. The van der Waals surface area contributed by atoms with Gasteiger partial charge in [0.2, 0.25) is 0 Å². The molecule has 0 aliphatic heterocycles. The second-order valence-electron chi connectivity index (χ2n) is 8.54. The first-order valence-electron chi connectivity index (χ1n) is 12.7. The van der Waals surface area contributed by atoms with Crippen LogP contribution in [0.3, 0.4) is 0 Å². The zero-order chi connectivity index (χ0) is 20.7. The summed E-state index contributed by atoms with van der Waals surface area (Å²) in [7, 11) is 0. The lowest BCUT2D eigenvalue weighted by Crippen LogP contribution is -1.94. The molecule has 0 aliphatic rings. The molecule has 29 heavy (non-hydrogen) atoms. The smallest absolute Gasteiger partial charge is 0.0650 e. The van der Waals surface area contributed by atoms with E-state index in [0.717, 1.165) is 13.2 Å². The topological polar surface area (TPSA) is 9.23 Å². The summed E-state index contributed by atoms with van der Waals surface area (Å²) in [4.78, 5) is 0. The van der Waals surface area contributed by atoms with Crippen molar-refractivity contribution < 1.29 is 4.74 Å². The second-order valence-corrected chi connectivity index (χ2v) is 8.54. The summed E-state index contributed by atoms with van der Waals surface area (Å²) < 4.78 is 5.69. The van der Waals surface area contributed by atoms with Crippen molar-refractivity contribution in [1.82, 2.24) is 0 Å². The van der Waals surface area contributed by atoms with Crippen molar-refractivity contribution in [3.63, 3.8) is 0 Å². The number of hydrogen-bond acceptors (Lipinski definition) is 1. The van der Waals surface area contributed by atoms with Crippen molar-refractivity contribution in [3.05, 3.63) is 42.0 Å². The molecule has 0 heterocycles. The van der Waals surface area contributed by atoms with Crippen LogP contribution in [-0.2, 0) is 4.74 Å². The van der Waals surface area contributed by atoms with Crippen molar-refractivity contribution in [3.8, 4) is 0 Å². The first-order chi connectivity index (χ1) is 14.4. The van der Waals surface area contributed by atoms with Crippen LogP contribution in [-0.4, -0.2) is 13.2 Å². The van der Waals surface area contributed by atoms with E-state index in [-0.39, 0.29) is 0 Å². The Morgan fingerprint density at radius 1 is 0.586 bits per heavy atom. The van der Waals surface area contributed by atoms with E-state index in [1.54, 1.807) is 0 Å². The van der Waals surface area contributed by atoms with Crippen LogP contribution >= 0.6 is 0 Å². The normalized spacial score (nSPS) is 11.5. The third-order valence-corrected chi connectivity index (χ3v) is 5.72. The molecular formula is C28H48O. The molecule has 0 N–H and O–H groups in total. The summed E-state index contributed by atoms with van der Waals surface area (Å²) >= 11 is 0. The molecule has 0 saturated carbocycles. The Bertz CT molecular complexity index is 451. The molecule has 0 radical (unpaired) electrons. The summed E-state index contributed by atoms with van der Waals surface area (Å²) in [5.41, 5.74) is 1.24. The van der Waals surface area contributed by atoms with Crippen LogP contribution in [0, 0.1) is 0 Å². The standard InChI is InChI=1S/C28H48O/c1-2-3-4-5-6-7-8-9-10-11-12-13-14-15-16-17-21-26-29-27-22-25-28-23-19-18-20-24-28/h18-20,22-25H,2-17,21,26-27H2,1H3. The van der Waals surface area contributed by atoms with Crippen LogP contribution in [0.1, 0.15) is 122 Å². The van der Waals surface area contributed by atoms with Gasteiger partial charge in [0.15, 0.2) is 0 Å². The highest BCUT2D eigenvalue weighted by atomic mass is 16.5. The minimum atomic E-state index is 0.730. The van der Waals surface area contributed by atoms with Gasteiger partial charge >= 0.3 is 0 Å². The van der Waals surface area contributed by atoms with Gasteiger partial charge < -0.3 is 4.74 Å². The Labute approximate surface area is 182 Å². The molecule has 0 bridgehead atoms. The van der Waals surface area contributed by atoms with Crippen LogP contribution < -0.4 is 0 Å². The SMILES string of the molecule is CCCCCCCCCCCCCCCCCCCOCC=Cc1ccccc1. The van der Waals surface area contributed by atoms with Gasteiger partial charge in [0.05, 0.1) is 6.61 Å². The fourth-order valence-electron chi connectivity index (χ4n) is 3.83. The highest BCUT2D eigenvalue weighted by Crippen LogP contribution is 2.14. The lowest BCUT2D eigenvalue weighted by atomic mass is 10.0. The van der Waals surface area contributed by atoms with E-state index in [9.17, 15) is 0 Å². The van der Waals surface area contributed by atoms with Gasteiger partial charge in [-0.1, -0.05) is 152 Å². The molecule has 1 heteroatoms. The van der Waals surface area contributed by atoms with E-state index in [1.807, 2.05) is 6.07 Å². The third kappa shape index (κ3) is 18.7. The Morgan fingerprint density at radius 3 is 1.52 bits per heavy atom. The molecule has 0 unspecified atom stereocenters. The molecule has 0 fully saturated rings. The molecule has 1 aromatic rings. The highest BCUT2D eigenvalue weighted by molar-refractivity contribution is 5.48. The molecule has 0 aromatic heterocycles. The number of benzene rings is 1. The van der Waals surface area contributed by atoms with E-state index in [2.05, 4.69) is 43.3 Å². The molecular weight excluding hydrogens is 352 g/mol. The van der Waals surface area contributed by atoms with E-state index < -0.39 is 0 Å². The summed E-state index contributed by atoms with van der Waals surface area (Å²) in [6, 6.07) is 10.4. The lowest BCUT2D eigenvalue weighted by molar-refractivity contribution is 0.157. The molecule has 1 aromatic carbocycles. The lowest BCUT2D eigenvalue weighted by Gasteiger charge is -2.04. The molecule has 0 saturated heterocycles. The van der Waals surface area contributed by atoms with Crippen molar-refractivity contribution in [1.29, 1.82) is 0 Å². The zero-order valence-corrected chi connectivity index (χ0v) is 19.4. The zero-order valence-electron chi connectivity index (χ0n) is 19.4. The third-order valence-electron chi connectivity index (χ3n) is 5.72. The number of ether oxygens (including phenoxy) is 1. The minimum Gasteiger partial charge on any atom is -0.377 e. The van der Waals surface area contributed by atoms with E-state index in [4.69, 9.17) is 4.74 Å². The first-order valence-corrected chi connectivity index (χ1v) is 12.7. The molecule has 166 valence electrons. The number of unbranched alkanes of at least 4 members (excludes halogenated alkanes) is 16. The average molecular weight is 401 g/mol. The van der Waals surface area contributed by atoms with Gasteiger partial charge in [0, 0.05) is 6.61 Å². The van der Waals surface area contributed by atoms with Crippen LogP contribution in [0.5, 0.6) is 0 Å². The Balaban J connectivity index is 1.69. The molecule has 1 nitrogen and oxygen atoms in total. The molecule has 0 amide bonds. The quantitative estimate of drug-likeness (QED) is 0.187. The fourth-order valence-corrected chi connectivity index (χ4v) is 3.83. The van der Waals surface area contributed by atoms with Crippen molar-refractivity contribution in [2.45, 2.75) is 116 Å². The average Bonchev–Trinajstić information content (AvgIpc) is 2.75. The summed E-state index contributed by atoms with van der Waals surface area (Å²) in [5, 5.41) is 0. The Kier molecular flexibility index (Phi) is 19.4. The van der Waals surface area contributed by atoms with Crippen LogP contribution in [0.2, 0.25) is 0 Å². The van der Waals surface area contributed by atoms with E-state index >= 15 is 0 Å². The molecule has 1 rings (SSSR count). The summed E-state index contributed by atoms with van der Waals surface area (Å²) in [6.45, 7) is 3.93. The van der Waals surface area contributed by atoms with Crippen molar-refractivity contribution in [2.24, 2.45) is 0 Å². The van der Waals surface area contributed by atoms with Crippen LogP contribution in [0.25, 0.3) is 6.08 Å². The number of hydrogen-bond donors (Lipinski definition) is 0. The van der Waals surface area contributed by atoms with Gasteiger partial charge in [0.25, 0.3) is 0 Å². The van der Waals surface area contributed by atoms with Gasteiger partial charge in [-0.3, -0.25) is 0 Å². The Morgan fingerprint density at radius 2 is 1.03 bits per heavy atom. The largest absolute Gasteiger partial charge is 0.377 e. The van der Waals surface area contributed by atoms with E-state index in [1.165, 1.54) is 115 Å². The predicted octanol–water partition coefficient (Wildman–Crippen LogP) is 9.37. The van der Waals surface area contributed by atoms with Gasteiger partial charge in [-0.2, -0.15) is 0 Å². The van der Waals surface area contributed by atoms with Crippen LogP contribution in [0.4, 0.5) is 0 Å². The maximum absolute atomic E-state index is 5.69. The molecule has 0 aliphatic carbocycles. The maximum atomic E-state index is 5.69. The molecule has 0 spiro atoms. The summed E-state index contributed by atoms with van der Waals surface area (Å²) in [5.74, 6) is 0. The van der Waals surface area contributed by atoms with Crippen LogP contribution in [0.15, 0.2) is 36.4 Å². The molecule has 0 atom stereocenters. The first kappa shape index (κ1) is 26.0. The van der Waals surface area contributed by atoms with E-state index in [0.29, 0.717) is 0 Å². The van der Waals surface area contributed by atoms with Crippen molar-refractivity contribution in [2.75, 3.05) is 13.2 Å². The highest BCUT2D eigenvalue weighted by Gasteiger charge is 1.95. The van der Waals surface area contributed by atoms with Gasteiger partial charge in [-0.05, 0) is 12.0 Å².